The van der Waals surface area contributed by atoms with Crippen LogP contribution in [0.25, 0.3) is 0 Å². The standard InChI is InChI=1S/C13H16O2/c1-2-3-5-9-6-4-7-10-11(14)8-12(15)13(9)10/h2,4,6,9-10,13H,1,3,5,7-8H2. The summed E-state index contributed by atoms with van der Waals surface area (Å²) < 4.78 is 0. The van der Waals surface area contributed by atoms with Crippen molar-refractivity contribution in [2.24, 2.45) is 17.8 Å². The van der Waals surface area contributed by atoms with E-state index in [1.807, 2.05) is 6.08 Å². The molecule has 0 heterocycles. The topological polar surface area (TPSA) is 34.1 Å². The molecule has 0 aromatic heterocycles. The number of hydrogen-bond acceptors (Lipinski definition) is 2. The van der Waals surface area contributed by atoms with Crippen LogP contribution in [0, 0.1) is 17.8 Å². The predicted molar refractivity (Wildman–Crippen MR) is 58.3 cm³/mol. The fourth-order valence-electron chi connectivity index (χ4n) is 2.77. The minimum atomic E-state index is -0.0255. The Morgan fingerprint density at radius 3 is 2.93 bits per heavy atom. The zero-order valence-corrected chi connectivity index (χ0v) is 8.82. The van der Waals surface area contributed by atoms with Crippen LogP contribution in [-0.4, -0.2) is 11.6 Å². The lowest BCUT2D eigenvalue weighted by Gasteiger charge is -2.27. The molecule has 2 nitrogen and oxygen atoms in total. The highest BCUT2D eigenvalue weighted by atomic mass is 16.2. The molecule has 0 bridgehead atoms. The van der Waals surface area contributed by atoms with Crippen molar-refractivity contribution in [2.75, 3.05) is 0 Å². The third-order valence-corrected chi connectivity index (χ3v) is 3.51. The van der Waals surface area contributed by atoms with Crippen LogP contribution >= 0.6 is 0 Å². The fraction of sp³-hybridized carbons (Fsp3) is 0.538. The van der Waals surface area contributed by atoms with Gasteiger partial charge in [0.25, 0.3) is 0 Å². The molecule has 1 fully saturated rings. The lowest BCUT2D eigenvalue weighted by molar-refractivity contribution is -0.123. The first-order valence-corrected chi connectivity index (χ1v) is 5.57. The molecule has 80 valence electrons. The van der Waals surface area contributed by atoms with Crippen molar-refractivity contribution in [3.63, 3.8) is 0 Å². The average Bonchev–Trinajstić information content (AvgIpc) is 2.53. The van der Waals surface area contributed by atoms with Gasteiger partial charge in [0.1, 0.15) is 11.6 Å². The molecule has 0 aliphatic heterocycles. The normalized spacial score (nSPS) is 34.3. The third-order valence-electron chi connectivity index (χ3n) is 3.51. The molecule has 0 spiro atoms. The number of carbonyl (C=O) groups is 2. The summed E-state index contributed by atoms with van der Waals surface area (Å²) in [4.78, 5) is 23.3. The molecular weight excluding hydrogens is 188 g/mol. The van der Waals surface area contributed by atoms with Gasteiger partial charge in [-0.15, -0.1) is 6.58 Å². The van der Waals surface area contributed by atoms with E-state index in [-0.39, 0.29) is 35.7 Å². The fourth-order valence-corrected chi connectivity index (χ4v) is 2.77. The third kappa shape index (κ3) is 1.81. The van der Waals surface area contributed by atoms with E-state index in [4.69, 9.17) is 0 Å². The summed E-state index contributed by atoms with van der Waals surface area (Å²) in [6.45, 7) is 3.69. The van der Waals surface area contributed by atoms with E-state index in [1.54, 1.807) is 0 Å². The summed E-state index contributed by atoms with van der Waals surface area (Å²) in [7, 11) is 0. The highest BCUT2D eigenvalue weighted by Gasteiger charge is 2.45. The van der Waals surface area contributed by atoms with Gasteiger partial charge in [0.05, 0.1) is 6.42 Å². The summed E-state index contributed by atoms with van der Waals surface area (Å²) in [6, 6.07) is 0. The number of ketones is 2. The summed E-state index contributed by atoms with van der Waals surface area (Å²) in [6.07, 6.45) is 8.84. The van der Waals surface area contributed by atoms with E-state index in [9.17, 15) is 9.59 Å². The molecule has 0 saturated heterocycles. The van der Waals surface area contributed by atoms with Crippen molar-refractivity contribution >= 4 is 11.6 Å². The number of carbonyl (C=O) groups excluding carboxylic acids is 2. The molecule has 0 N–H and O–H groups in total. The number of allylic oxidation sites excluding steroid dienone is 3. The Labute approximate surface area is 90.1 Å². The predicted octanol–water partition coefficient (Wildman–Crippen LogP) is 2.30. The molecule has 1 saturated carbocycles. The van der Waals surface area contributed by atoms with Crippen molar-refractivity contribution in [1.82, 2.24) is 0 Å². The Balaban J connectivity index is 2.15. The second-order valence-corrected chi connectivity index (χ2v) is 4.44. The van der Waals surface area contributed by atoms with Crippen molar-refractivity contribution < 1.29 is 9.59 Å². The highest BCUT2D eigenvalue weighted by molar-refractivity contribution is 6.09. The van der Waals surface area contributed by atoms with Crippen LogP contribution in [0.3, 0.4) is 0 Å². The van der Waals surface area contributed by atoms with Crippen LogP contribution in [0.2, 0.25) is 0 Å². The minimum Gasteiger partial charge on any atom is -0.299 e. The van der Waals surface area contributed by atoms with E-state index < -0.39 is 0 Å². The molecule has 2 heteroatoms. The molecule has 15 heavy (non-hydrogen) atoms. The van der Waals surface area contributed by atoms with Crippen LogP contribution in [0.4, 0.5) is 0 Å². The maximum atomic E-state index is 11.7. The van der Waals surface area contributed by atoms with E-state index in [1.165, 1.54) is 0 Å². The molecule has 0 amide bonds. The van der Waals surface area contributed by atoms with Crippen LogP contribution in [-0.2, 0) is 9.59 Å². The summed E-state index contributed by atoms with van der Waals surface area (Å²) in [5.74, 6) is 0.529. The zero-order chi connectivity index (χ0) is 10.8. The first-order valence-electron chi connectivity index (χ1n) is 5.57. The summed E-state index contributed by atoms with van der Waals surface area (Å²) in [5.41, 5.74) is 0. The Hall–Kier alpha value is -1.18. The van der Waals surface area contributed by atoms with Gasteiger partial charge in [0, 0.05) is 11.8 Å². The second kappa shape index (κ2) is 4.13. The van der Waals surface area contributed by atoms with Crippen molar-refractivity contribution in [1.29, 1.82) is 0 Å². The van der Waals surface area contributed by atoms with Gasteiger partial charge in [0.15, 0.2) is 0 Å². The van der Waals surface area contributed by atoms with E-state index in [2.05, 4.69) is 18.7 Å². The molecule has 0 aromatic carbocycles. The lowest BCUT2D eigenvalue weighted by atomic mass is 9.75. The van der Waals surface area contributed by atoms with Gasteiger partial charge in [-0.05, 0) is 25.2 Å². The van der Waals surface area contributed by atoms with Gasteiger partial charge in [0.2, 0.25) is 0 Å². The van der Waals surface area contributed by atoms with Gasteiger partial charge < -0.3 is 0 Å². The molecule has 2 aliphatic carbocycles. The number of Topliss-reactive ketones (excluding diaryl/α,β-unsaturated/α-hetero) is 2. The van der Waals surface area contributed by atoms with Crippen LogP contribution in [0.5, 0.6) is 0 Å². The number of hydrogen-bond donors (Lipinski definition) is 0. The van der Waals surface area contributed by atoms with Gasteiger partial charge in [-0.2, -0.15) is 0 Å². The first-order chi connectivity index (χ1) is 7.24. The second-order valence-electron chi connectivity index (χ2n) is 4.44. The highest BCUT2D eigenvalue weighted by Crippen LogP contribution is 2.40. The molecule has 3 atom stereocenters. The van der Waals surface area contributed by atoms with E-state index in [0.717, 1.165) is 19.3 Å². The first kappa shape index (κ1) is 10.3. The van der Waals surface area contributed by atoms with Crippen molar-refractivity contribution in [3.05, 3.63) is 24.8 Å². The van der Waals surface area contributed by atoms with Gasteiger partial charge in [-0.1, -0.05) is 18.2 Å². The molecule has 0 aromatic rings. The SMILES string of the molecule is C=CCCC1C=CCC2C(=O)CC(=O)C12. The largest absolute Gasteiger partial charge is 0.299 e. The maximum absolute atomic E-state index is 11.7. The van der Waals surface area contributed by atoms with Gasteiger partial charge in [-0.3, -0.25) is 9.59 Å². The van der Waals surface area contributed by atoms with Crippen LogP contribution < -0.4 is 0 Å². The van der Waals surface area contributed by atoms with Crippen LogP contribution in [0.15, 0.2) is 24.8 Å². The van der Waals surface area contributed by atoms with Crippen LogP contribution in [0.1, 0.15) is 25.7 Å². The molecule has 2 aliphatic rings. The minimum absolute atomic E-state index is 0.0164. The monoisotopic (exact) mass is 204 g/mol. The molecular formula is C13H16O2. The maximum Gasteiger partial charge on any atom is 0.144 e. The van der Waals surface area contributed by atoms with Crippen molar-refractivity contribution in [2.45, 2.75) is 25.7 Å². The number of fused-ring (bicyclic) bond motifs is 1. The number of rotatable bonds is 3. The molecule has 2 rings (SSSR count). The van der Waals surface area contributed by atoms with E-state index >= 15 is 0 Å². The molecule has 3 unspecified atom stereocenters. The van der Waals surface area contributed by atoms with Gasteiger partial charge >= 0.3 is 0 Å². The van der Waals surface area contributed by atoms with Crippen molar-refractivity contribution in [3.8, 4) is 0 Å². The summed E-state index contributed by atoms with van der Waals surface area (Å²) >= 11 is 0. The summed E-state index contributed by atoms with van der Waals surface area (Å²) in [5, 5.41) is 0. The Kier molecular flexibility index (Phi) is 2.85. The zero-order valence-electron chi connectivity index (χ0n) is 8.82. The Morgan fingerprint density at radius 1 is 1.40 bits per heavy atom. The smallest absolute Gasteiger partial charge is 0.144 e. The quantitative estimate of drug-likeness (QED) is 0.522. The molecule has 0 radical (unpaired) electrons. The Morgan fingerprint density at radius 2 is 2.20 bits per heavy atom. The van der Waals surface area contributed by atoms with Gasteiger partial charge in [-0.25, -0.2) is 0 Å². The Bertz CT molecular complexity index is 327. The van der Waals surface area contributed by atoms with E-state index in [0.29, 0.717) is 0 Å². The average molecular weight is 204 g/mol. The lowest BCUT2D eigenvalue weighted by Crippen LogP contribution is -2.27.